The number of benzene rings is 2. The van der Waals surface area contributed by atoms with Gasteiger partial charge in [-0.05, 0) is 76.7 Å². The number of aromatic nitrogens is 1. The number of fused-ring (bicyclic) bond motifs is 1. The molecule has 0 spiro atoms. The van der Waals surface area contributed by atoms with E-state index >= 15 is 0 Å². The van der Waals surface area contributed by atoms with Crippen LogP contribution in [0.3, 0.4) is 0 Å². The molecule has 2 aromatic carbocycles. The maximum absolute atomic E-state index is 13.5. The number of carbonyl (C=O) groups is 1. The molecule has 1 aromatic heterocycles. The van der Waals surface area contributed by atoms with Crippen molar-refractivity contribution in [3.63, 3.8) is 0 Å². The minimum Gasteiger partial charge on any atom is -0.494 e. The Hall–Kier alpha value is -2.44. The number of ether oxygens (including phenoxy) is 1. The quantitative estimate of drug-likeness (QED) is 0.522. The summed E-state index contributed by atoms with van der Waals surface area (Å²) in [7, 11) is 5.75. The van der Waals surface area contributed by atoms with Gasteiger partial charge in [0.05, 0.1) is 18.2 Å². The van der Waals surface area contributed by atoms with Crippen molar-refractivity contribution < 1.29 is 9.53 Å². The van der Waals surface area contributed by atoms with Crippen LogP contribution in [0.4, 0.5) is 5.13 Å². The molecule has 160 valence electrons. The highest BCUT2D eigenvalue weighted by atomic mass is 32.1. The highest BCUT2D eigenvalue weighted by molar-refractivity contribution is 7.22. The average Bonchev–Trinajstić information content (AvgIpc) is 3.11. The lowest BCUT2D eigenvalue weighted by Crippen LogP contribution is -2.34. The van der Waals surface area contributed by atoms with Crippen LogP contribution in [0.1, 0.15) is 28.7 Å². The molecule has 30 heavy (non-hydrogen) atoms. The summed E-state index contributed by atoms with van der Waals surface area (Å²) in [5.74, 6) is 0.822. The second kappa shape index (κ2) is 9.58. The summed E-state index contributed by atoms with van der Waals surface area (Å²) in [5, 5.41) is 0.737. The second-order valence-electron chi connectivity index (χ2n) is 8.06. The molecule has 0 saturated carbocycles. The van der Waals surface area contributed by atoms with Crippen molar-refractivity contribution in [1.82, 2.24) is 9.88 Å². The molecule has 3 aromatic rings. The van der Waals surface area contributed by atoms with Crippen LogP contribution < -0.4 is 9.64 Å². The number of nitrogens with zero attached hydrogens (tertiary/aromatic N) is 3. The molecule has 3 rings (SSSR count). The first-order valence-electron chi connectivity index (χ1n) is 10.3. The summed E-state index contributed by atoms with van der Waals surface area (Å²) in [6, 6.07) is 10.2. The van der Waals surface area contributed by atoms with E-state index in [0.717, 1.165) is 39.6 Å². The van der Waals surface area contributed by atoms with Crippen LogP contribution in [0.15, 0.2) is 30.3 Å². The van der Waals surface area contributed by atoms with Crippen LogP contribution in [-0.4, -0.2) is 50.1 Å². The van der Waals surface area contributed by atoms with Gasteiger partial charge in [-0.3, -0.25) is 9.69 Å². The zero-order valence-electron chi connectivity index (χ0n) is 18.8. The molecule has 0 aliphatic rings. The van der Waals surface area contributed by atoms with E-state index in [0.29, 0.717) is 13.0 Å². The fourth-order valence-electron chi connectivity index (χ4n) is 3.80. The molecule has 0 aliphatic carbocycles. The summed E-state index contributed by atoms with van der Waals surface area (Å²) in [5.41, 5.74) is 5.48. The minimum atomic E-state index is 0.0850. The maximum atomic E-state index is 13.5. The van der Waals surface area contributed by atoms with Crippen LogP contribution in [0, 0.1) is 20.8 Å². The Morgan fingerprint density at radius 2 is 1.80 bits per heavy atom. The number of aryl methyl sites for hydroxylation is 3. The molecule has 6 heteroatoms. The summed E-state index contributed by atoms with van der Waals surface area (Å²) < 4.78 is 6.49. The predicted molar refractivity (Wildman–Crippen MR) is 126 cm³/mol. The zero-order valence-corrected chi connectivity index (χ0v) is 19.6. The molecular weight excluding hydrogens is 394 g/mol. The van der Waals surface area contributed by atoms with Gasteiger partial charge in [-0.1, -0.05) is 35.1 Å². The molecule has 1 heterocycles. The fraction of sp³-hybridized carbons (Fsp3) is 0.417. The van der Waals surface area contributed by atoms with E-state index in [4.69, 9.17) is 9.72 Å². The van der Waals surface area contributed by atoms with Gasteiger partial charge in [0.1, 0.15) is 11.3 Å². The number of amides is 1. The third-order valence-corrected chi connectivity index (χ3v) is 6.32. The van der Waals surface area contributed by atoms with E-state index < -0.39 is 0 Å². The van der Waals surface area contributed by atoms with Crippen molar-refractivity contribution in [3.8, 4) is 5.75 Å². The molecule has 0 saturated heterocycles. The Morgan fingerprint density at radius 3 is 2.43 bits per heavy atom. The number of thiazole rings is 1. The van der Waals surface area contributed by atoms with E-state index in [1.165, 1.54) is 16.7 Å². The first-order valence-corrected chi connectivity index (χ1v) is 11.1. The standard InChI is InChI=1S/C24H31N3O2S/c1-16-13-17(2)19(18(3)14-16)15-22(28)27(12-8-11-26(4)5)24-25-23-20(29-6)9-7-10-21(23)30-24/h7,9-10,13-14H,8,11-12,15H2,1-6H3. The van der Waals surface area contributed by atoms with Gasteiger partial charge in [0.15, 0.2) is 5.13 Å². The normalized spacial score (nSPS) is 11.3. The van der Waals surface area contributed by atoms with Gasteiger partial charge >= 0.3 is 0 Å². The Morgan fingerprint density at radius 1 is 1.10 bits per heavy atom. The monoisotopic (exact) mass is 425 g/mol. The average molecular weight is 426 g/mol. The number of methoxy groups -OCH3 is 1. The Labute approximate surface area is 183 Å². The van der Waals surface area contributed by atoms with Crippen LogP contribution in [0.25, 0.3) is 10.2 Å². The lowest BCUT2D eigenvalue weighted by molar-refractivity contribution is -0.118. The van der Waals surface area contributed by atoms with Crippen molar-refractivity contribution in [3.05, 3.63) is 52.6 Å². The lowest BCUT2D eigenvalue weighted by Gasteiger charge is -2.22. The molecule has 0 unspecified atom stereocenters. The van der Waals surface area contributed by atoms with Crippen LogP contribution in [-0.2, 0) is 11.2 Å². The first-order chi connectivity index (χ1) is 14.3. The fourth-order valence-corrected chi connectivity index (χ4v) is 4.83. The summed E-state index contributed by atoms with van der Waals surface area (Å²) in [6.07, 6.45) is 1.27. The number of anilines is 1. The molecule has 0 atom stereocenters. The van der Waals surface area contributed by atoms with Crippen LogP contribution in [0.2, 0.25) is 0 Å². The predicted octanol–water partition coefficient (Wildman–Crippen LogP) is 4.76. The zero-order chi connectivity index (χ0) is 21.8. The van der Waals surface area contributed by atoms with Crippen molar-refractivity contribution in [2.75, 3.05) is 39.2 Å². The molecule has 1 amide bonds. The van der Waals surface area contributed by atoms with Crippen LogP contribution >= 0.6 is 11.3 Å². The van der Waals surface area contributed by atoms with Gasteiger partial charge in [0.25, 0.3) is 0 Å². The number of hydrogen-bond donors (Lipinski definition) is 0. The molecule has 0 fully saturated rings. The van der Waals surface area contributed by atoms with Gasteiger partial charge in [0.2, 0.25) is 5.91 Å². The SMILES string of the molecule is COc1cccc2sc(N(CCCN(C)C)C(=O)Cc3c(C)cc(C)cc3C)nc12. The van der Waals surface area contributed by atoms with Gasteiger partial charge in [0, 0.05) is 6.54 Å². The topological polar surface area (TPSA) is 45.7 Å². The third kappa shape index (κ3) is 4.99. The van der Waals surface area contributed by atoms with Crippen molar-refractivity contribution in [2.24, 2.45) is 0 Å². The third-order valence-electron chi connectivity index (χ3n) is 5.28. The largest absolute Gasteiger partial charge is 0.494 e. The van der Waals surface area contributed by atoms with Gasteiger partial charge in [-0.15, -0.1) is 0 Å². The maximum Gasteiger partial charge on any atom is 0.233 e. The highest BCUT2D eigenvalue weighted by Crippen LogP contribution is 2.34. The highest BCUT2D eigenvalue weighted by Gasteiger charge is 2.22. The molecular formula is C24H31N3O2S. The van der Waals surface area contributed by atoms with Gasteiger partial charge in [-0.25, -0.2) is 4.98 Å². The number of carbonyl (C=O) groups excluding carboxylic acids is 1. The van der Waals surface area contributed by atoms with E-state index in [1.807, 2.05) is 37.2 Å². The molecule has 5 nitrogen and oxygen atoms in total. The molecule has 0 aliphatic heterocycles. The molecule has 0 N–H and O–H groups in total. The Balaban J connectivity index is 1.93. The number of hydrogen-bond acceptors (Lipinski definition) is 5. The number of para-hydroxylation sites is 1. The molecule has 0 radical (unpaired) electrons. The van der Waals surface area contributed by atoms with E-state index in [2.05, 4.69) is 37.8 Å². The second-order valence-corrected chi connectivity index (χ2v) is 9.07. The van der Waals surface area contributed by atoms with Crippen molar-refractivity contribution >= 4 is 32.6 Å². The first kappa shape index (κ1) is 22.2. The smallest absolute Gasteiger partial charge is 0.233 e. The lowest BCUT2D eigenvalue weighted by atomic mass is 9.97. The van der Waals surface area contributed by atoms with Gasteiger partial charge in [-0.2, -0.15) is 0 Å². The van der Waals surface area contributed by atoms with Crippen molar-refractivity contribution in [2.45, 2.75) is 33.6 Å². The Kier molecular flexibility index (Phi) is 7.10. The van der Waals surface area contributed by atoms with E-state index in [-0.39, 0.29) is 5.91 Å². The van der Waals surface area contributed by atoms with E-state index in [1.54, 1.807) is 18.4 Å². The summed E-state index contributed by atoms with van der Waals surface area (Å²) in [4.78, 5) is 22.2. The summed E-state index contributed by atoms with van der Waals surface area (Å²) >= 11 is 1.54. The minimum absolute atomic E-state index is 0.0850. The molecule has 0 bridgehead atoms. The van der Waals surface area contributed by atoms with Crippen molar-refractivity contribution in [1.29, 1.82) is 0 Å². The van der Waals surface area contributed by atoms with Gasteiger partial charge < -0.3 is 9.64 Å². The van der Waals surface area contributed by atoms with Crippen LogP contribution in [0.5, 0.6) is 5.75 Å². The number of rotatable bonds is 8. The summed E-state index contributed by atoms with van der Waals surface area (Å²) in [6.45, 7) is 7.82. The van der Waals surface area contributed by atoms with E-state index in [9.17, 15) is 4.79 Å². The Bertz CT molecular complexity index is 1020.